The van der Waals surface area contributed by atoms with E-state index in [1.54, 1.807) is 0 Å². The summed E-state index contributed by atoms with van der Waals surface area (Å²) in [5.74, 6) is 2.81. The van der Waals surface area contributed by atoms with Gasteiger partial charge < -0.3 is 9.94 Å². The molecule has 0 aliphatic heterocycles. The maximum absolute atomic E-state index is 11.4. The van der Waals surface area contributed by atoms with E-state index in [9.17, 15) is 10.0 Å². The van der Waals surface area contributed by atoms with Gasteiger partial charge in [0.1, 0.15) is 6.10 Å². The molecule has 150 valence electrons. The molecule has 0 amide bonds. The third-order valence-electron chi connectivity index (χ3n) is 9.07. The van der Waals surface area contributed by atoms with Crippen LogP contribution in [0.2, 0.25) is 0 Å². The van der Waals surface area contributed by atoms with E-state index >= 15 is 0 Å². The van der Waals surface area contributed by atoms with Crippen molar-refractivity contribution in [3.8, 4) is 0 Å². The zero-order valence-corrected chi connectivity index (χ0v) is 17.3. The summed E-state index contributed by atoms with van der Waals surface area (Å²) < 4.78 is 5.58. The first-order chi connectivity index (χ1) is 12.8. The first-order valence-corrected chi connectivity index (χ1v) is 10.9. The van der Waals surface area contributed by atoms with Crippen LogP contribution in [0, 0.1) is 34.5 Å². The minimum Gasteiger partial charge on any atom is -0.463 e. The molecule has 0 aromatic rings. The Kier molecular flexibility index (Phi) is 4.67. The molecule has 4 rings (SSSR count). The summed E-state index contributed by atoms with van der Waals surface area (Å²) in [7, 11) is 0. The summed E-state index contributed by atoms with van der Waals surface area (Å²) in [5, 5.41) is 12.9. The van der Waals surface area contributed by atoms with Crippen LogP contribution in [0.5, 0.6) is 0 Å². The van der Waals surface area contributed by atoms with Crippen molar-refractivity contribution in [2.24, 2.45) is 39.7 Å². The molecular formula is C23H35NO3. The number of oxime groups is 1. The van der Waals surface area contributed by atoms with Crippen LogP contribution in [0.3, 0.4) is 0 Å². The SMILES string of the molecule is CC(=O)O[C@H]1CC[C@@]2(C)[C@@H](CC[C@H]3[C@H]2CC[C@]2(C)C(C(C)=NO)=CC[C@H]32)C1. The Morgan fingerprint density at radius 2 is 1.93 bits per heavy atom. The van der Waals surface area contributed by atoms with Gasteiger partial charge in [-0.2, -0.15) is 0 Å². The van der Waals surface area contributed by atoms with E-state index in [0.29, 0.717) is 17.3 Å². The van der Waals surface area contributed by atoms with E-state index in [-0.39, 0.29) is 17.5 Å². The first-order valence-electron chi connectivity index (χ1n) is 10.9. The Hall–Kier alpha value is -1.32. The molecular weight excluding hydrogens is 338 g/mol. The van der Waals surface area contributed by atoms with Gasteiger partial charge in [-0.3, -0.25) is 4.79 Å². The molecule has 4 heteroatoms. The predicted molar refractivity (Wildman–Crippen MR) is 106 cm³/mol. The van der Waals surface area contributed by atoms with Crippen LogP contribution in [-0.2, 0) is 9.53 Å². The van der Waals surface area contributed by atoms with Gasteiger partial charge in [-0.05, 0) is 98.4 Å². The second kappa shape index (κ2) is 6.63. The van der Waals surface area contributed by atoms with Crippen LogP contribution < -0.4 is 0 Å². The molecule has 0 aromatic carbocycles. The largest absolute Gasteiger partial charge is 0.463 e. The molecule has 0 heterocycles. The van der Waals surface area contributed by atoms with E-state index in [1.165, 1.54) is 44.6 Å². The average molecular weight is 374 g/mol. The van der Waals surface area contributed by atoms with Crippen molar-refractivity contribution >= 4 is 11.7 Å². The van der Waals surface area contributed by atoms with Gasteiger partial charge in [0.25, 0.3) is 0 Å². The second-order valence-corrected chi connectivity index (χ2v) is 10.2. The molecule has 3 fully saturated rings. The molecule has 0 saturated heterocycles. The smallest absolute Gasteiger partial charge is 0.302 e. The van der Waals surface area contributed by atoms with Crippen molar-refractivity contribution in [3.63, 3.8) is 0 Å². The van der Waals surface area contributed by atoms with Crippen LogP contribution in [0.4, 0.5) is 0 Å². The molecule has 1 N–H and O–H groups in total. The number of carbonyl (C=O) groups is 1. The Morgan fingerprint density at radius 3 is 2.63 bits per heavy atom. The van der Waals surface area contributed by atoms with E-state index in [4.69, 9.17) is 4.74 Å². The van der Waals surface area contributed by atoms with Gasteiger partial charge in [-0.1, -0.05) is 25.1 Å². The van der Waals surface area contributed by atoms with Gasteiger partial charge in [0.15, 0.2) is 0 Å². The number of hydrogen-bond acceptors (Lipinski definition) is 4. The molecule has 4 aliphatic rings. The monoisotopic (exact) mass is 373 g/mol. The minimum absolute atomic E-state index is 0.129. The van der Waals surface area contributed by atoms with Crippen molar-refractivity contribution in [2.45, 2.75) is 85.2 Å². The van der Waals surface area contributed by atoms with E-state index < -0.39 is 0 Å². The third kappa shape index (κ3) is 2.86. The fourth-order valence-electron chi connectivity index (χ4n) is 7.74. The van der Waals surface area contributed by atoms with Crippen LogP contribution in [0.15, 0.2) is 16.8 Å². The Bertz CT molecular complexity index is 683. The highest BCUT2D eigenvalue weighted by molar-refractivity contribution is 5.99. The molecule has 0 radical (unpaired) electrons. The molecule has 4 aliphatic carbocycles. The summed E-state index contributed by atoms with van der Waals surface area (Å²) >= 11 is 0. The van der Waals surface area contributed by atoms with Crippen LogP contribution in [0.1, 0.15) is 79.1 Å². The third-order valence-corrected chi connectivity index (χ3v) is 9.07. The standard InChI is InChI=1S/C23H35NO3/c1-14(24-26)19-7-8-20-18-6-5-16-13-17(27-15(2)25)9-11-22(16,3)21(18)10-12-23(19,20)4/h7,16-18,20-21,26H,5-6,8-13H2,1-4H3/t16-,17-,18+,20+,21+,22-,23+/m0/s1. The minimum atomic E-state index is -0.129. The molecule has 7 atom stereocenters. The number of hydrogen-bond donors (Lipinski definition) is 1. The Balaban J connectivity index is 1.54. The van der Waals surface area contributed by atoms with Gasteiger partial charge in [0.2, 0.25) is 0 Å². The Morgan fingerprint density at radius 1 is 1.15 bits per heavy atom. The van der Waals surface area contributed by atoms with Crippen LogP contribution >= 0.6 is 0 Å². The lowest BCUT2D eigenvalue weighted by atomic mass is 9.44. The van der Waals surface area contributed by atoms with Crippen molar-refractivity contribution in [2.75, 3.05) is 0 Å². The number of allylic oxidation sites excluding steroid dienone is 2. The molecule has 27 heavy (non-hydrogen) atoms. The van der Waals surface area contributed by atoms with Crippen LogP contribution in [-0.4, -0.2) is 23.0 Å². The summed E-state index contributed by atoms with van der Waals surface area (Å²) in [4.78, 5) is 11.4. The fourth-order valence-corrected chi connectivity index (χ4v) is 7.74. The quantitative estimate of drug-likeness (QED) is 0.307. The zero-order valence-electron chi connectivity index (χ0n) is 17.3. The first kappa shape index (κ1) is 19.0. The van der Waals surface area contributed by atoms with Crippen LogP contribution in [0.25, 0.3) is 0 Å². The maximum Gasteiger partial charge on any atom is 0.302 e. The number of rotatable bonds is 2. The molecule has 0 bridgehead atoms. The van der Waals surface area contributed by atoms with Gasteiger partial charge >= 0.3 is 5.97 Å². The molecule has 4 nitrogen and oxygen atoms in total. The summed E-state index contributed by atoms with van der Waals surface area (Å²) in [6, 6.07) is 0. The Labute approximate surface area is 163 Å². The van der Waals surface area contributed by atoms with E-state index in [0.717, 1.165) is 36.8 Å². The molecule has 3 saturated carbocycles. The summed E-state index contributed by atoms with van der Waals surface area (Å²) in [6.45, 7) is 8.42. The molecule has 0 spiro atoms. The lowest BCUT2D eigenvalue weighted by Crippen LogP contribution is -2.54. The highest BCUT2D eigenvalue weighted by atomic mass is 16.5. The van der Waals surface area contributed by atoms with Gasteiger partial charge in [-0.25, -0.2) is 0 Å². The lowest BCUT2D eigenvalue weighted by molar-refractivity contribution is -0.158. The lowest BCUT2D eigenvalue weighted by Gasteiger charge is -2.60. The highest BCUT2D eigenvalue weighted by Gasteiger charge is 2.59. The van der Waals surface area contributed by atoms with Gasteiger partial charge in [0.05, 0.1) is 5.71 Å². The number of nitrogens with zero attached hydrogens (tertiary/aromatic N) is 1. The van der Waals surface area contributed by atoms with Gasteiger partial charge in [-0.15, -0.1) is 0 Å². The van der Waals surface area contributed by atoms with Crippen molar-refractivity contribution in [3.05, 3.63) is 11.6 Å². The molecule has 0 aromatic heterocycles. The maximum atomic E-state index is 11.4. The van der Waals surface area contributed by atoms with E-state index in [1.807, 2.05) is 6.92 Å². The average Bonchev–Trinajstić information content (AvgIpc) is 2.98. The number of fused-ring (bicyclic) bond motifs is 5. The fraction of sp³-hybridized carbons (Fsp3) is 0.826. The van der Waals surface area contributed by atoms with Crippen molar-refractivity contribution in [1.82, 2.24) is 0 Å². The summed E-state index contributed by atoms with van der Waals surface area (Å²) in [5.41, 5.74) is 2.67. The van der Waals surface area contributed by atoms with E-state index in [2.05, 4.69) is 25.1 Å². The number of ether oxygens (including phenoxy) is 1. The molecule has 0 unspecified atom stereocenters. The normalized spacial score (nSPS) is 46.7. The second-order valence-electron chi connectivity index (χ2n) is 10.2. The van der Waals surface area contributed by atoms with Crippen molar-refractivity contribution < 1.29 is 14.7 Å². The topological polar surface area (TPSA) is 58.9 Å². The number of carbonyl (C=O) groups excluding carboxylic acids is 1. The van der Waals surface area contributed by atoms with Crippen molar-refractivity contribution in [1.29, 1.82) is 0 Å². The predicted octanol–water partition coefficient (Wildman–Crippen LogP) is 5.35. The highest BCUT2D eigenvalue weighted by Crippen LogP contribution is 2.66. The number of esters is 1. The summed E-state index contributed by atoms with van der Waals surface area (Å²) in [6.07, 6.45) is 11.9. The van der Waals surface area contributed by atoms with Gasteiger partial charge in [0, 0.05) is 6.92 Å². The zero-order chi connectivity index (χ0) is 19.4.